The summed E-state index contributed by atoms with van der Waals surface area (Å²) in [6.07, 6.45) is 11.8. The van der Waals surface area contributed by atoms with E-state index >= 15 is 0 Å². The van der Waals surface area contributed by atoms with E-state index in [0.717, 1.165) is 29.8 Å². The second-order valence-electron chi connectivity index (χ2n) is 8.08. The summed E-state index contributed by atoms with van der Waals surface area (Å²) >= 11 is 0. The third-order valence-electron chi connectivity index (χ3n) is 6.41. The van der Waals surface area contributed by atoms with Crippen molar-refractivity contribution in [1.29, 1.82) is 0 Å². The number of nitrogens with one attached hydrogen (secondary N) is 1. The summed E-state index contributed by atoms with van der Waals surface area (Å²) in [6.45, 7) is 7.41. The van der Waals surface area contributed by atoms with Crippen LogP contribution in [0.2, 0.25) is 0 Å². The summed E-state index contributed by atoms with van der Waals surface area (Å²) in [5.41, 5.74) is 0.518. The predicted octanol–water partition coefficient (Wildman–Crippen LogP) is 4.37. The molecule has 0 saturated heterocycles. The van der Waals surface area contributed by atoms with Crippen LogP contribution in [-0.4, -0.2) is 12.1 Å². The van der Waals surface area contributed by atoms with Gasteiger partial charge in [-0.05, 0) is 62.2 Å². The molecule has 0 spiro atoms. The molecule has 0 aliphatic heterocycles. The van der Waals surface area contributed by atoms with Crippen molar-refractivity contribution in [3.63, 3.8) is 0 Å². The van der Waals surface area contributed by atoms with Crippen molar-refractivity contribution < 1.29 is 0 Å². The van der Waals surface area contributed by atoms with Gasteiger partial charge in [-0.2, -0.15) is 0 Å². The molecule has 0 aromatic heterocycles. The van der Waals surface area contributed by atoms with Crippen LogP contribution in [-0.2, 0) is 0 Å². The first kappa shape index (κ1) is 13.0. The second kappa shape index (κ2) is 4.81. The van der Waals surface area contributed by atoms with E-state index in [-0.39, 0.29) is 0 Å². The molecule has 2 bridgehead atoms. The monoisotopic (exact) mass is 249 g/mol. The van der Waals surface area contributed by atoms with Gasteiger partial charge in [0, 0.05) is 12.1 Å². The Labute approximate surface area is 113 Å². The molecule has 18 heavy (non-hydrogen) atoms. The zero-order valence-electron chi connectivity index (χ0n) is 12.5. The Bertz CT molecular complexity index is 296. The molecule has 3 fully saturated rings. The third-order valence-corrected chi connectivity index (χ3v) is 6.41. The molecule has 0 radical (unpaired) electrons. The summed E-state index contributed by atoms with van der Waals surface area (Å²) in [7, 11) is 0. The molecule has 0 amide bonds. The van der Waals surface area contributed by atoms with Crippen molar-refractivity contribution in [3.8, 4) is 0 Å². The molecule has 104 valence electrons. The van der Waals surface area contributed by atoms with Crippen molar-refractivity contribution in [3.05, 3.63) is 0 Å². The third kappa shape index (κ3) is 2.35. The van der Waals surface area contributed by atoms with Crippen LogP contribution in [0.1, 0.15) is 72.1 Å². The van der Waals surface area contributed by atoms with Crippen LogP contribution in [0.3, 0.4) is 0 Å². The lowest BCUT2D eigenvalue weighted by Gasteiger charge is -2.42. The van der Waals surface area contributed by atoms with E-state index in [4.69, 9.17) is 0 Å². The summed E-state index contributed by atoms with van der Waals surface area (Å²) in [5.74, 6) is 3.13. The molecule has 3 aliphatic carbocycles. The number of rotatable bonds is 3. The SMILES string of the molecule is CC(NC1CCCCC1(C)C)C1CC2CCC1C2. The van der Waals surface area contributed by atoms with Crippen molar-refractivity contribution in [1.82, 2.24) is 5.32 Å². The van der Waals surface area contributed by atoms with E-state index in [9.17, 15) is 0 Å². The second-order valence-corrected chi connectivity index (χ2v) is 8.08. The van der Waals surface area contributed by atoms with E-state index in [0.29, 0.717) is 5.41 Å². The van der Waals surface area contributed by atoms with Crippen LogP contribution in [0.25, 0.3) is 0 Å². The molecule has 5 atom stereocenters. The fourth-order valence-corrected chi connectivity index (χ4v) is 5.15. The molecule has 3 rings (SSSR count). The average molecular weight is 249 g/mol. The first-order valence-corrected chi connectivity index (χ1v) is 8.32. The largest absolute Gasteiger partial charge is 0.311 e. The van der Waals surface area contributed by atoms with Crippen molar-refractivity contribution in [2.75, 3.05) is 0 Å². The van der Waals surface area contributed by atoms with Crippen LogP contribution < -0.4 is 5.32 Å². The molecular weight excluding hydrogens is 218 g/mol. The number of hydrogen-bond donors (Lipinski definition) is 1. The van der Waals surface area contributed by atoms with Gasteiger partial charge in [0.2, 0.25) is 0 Å². The Balaban J connectivity index is 1.58. The van der Waals surface area contributed by atoms with E-state index in [1.54, 1.807) is 6.42 Å². The topological polar surface area (TPSA) is 12.0 Å². The molecule has 1 nitrogen and oxygen atoms in total. The van der Waals surface area contributed by atoms with Crippen molar-refractivity contribution in [2.45, 2.75) is 84.2 Å². The molecule has 1 heteroatoms. The highest BCUT2D eigenvalue weighted by molar-refractivity contribution is 4.97. The molecule has 3 aliphatic rings. The summed E-state index contributed by atoms with van der Waals surface area (Å²) in [6, 6.07) is 1.52. The van der Waals surface area contributed by atoms with Gasteiger partial charge in [0.15, 0.2) is 0 Å². The highest BCUT2D eigenvalue weighted by Gasteiger charge is 2.43. The maximum Gasteiger partial charge on any atom is 0.0121 e. The van der Waals surface area contributed by atoms with Gasteiger partial charge in [-0.3, -0.25) is 0 Å². The Morgan fingerprint density at radius 3 is 2.50 bits per heavy atom. The van der Waals surface area contributed by atoms with Gasteiger partial charge in [0.25, 0.3) is 0 Å². The predicted molar refractivity (Wildman–Crippen MR) is 77.6 cm³/mol. The molecule has 3 saturated carbocycles. The fourth-order valence-electron chi connectivity index (χ4n) is 5.15. The Kier molecular flexibility index (Phi) is 3.47. The van der Waals surface area contributed by atoms with Gasteiger partial charge in [0.05, 0.1) is 0 Å². The van der Waals surface area contributed by atoms with Crippen molar-refractivity contribution >= 4 is 0 Å². The maximum absolute atomic E-state index is 4.04. The Hall–Kier alpha value is -0.0400. The van der Waals surface area contributed by atoms with Crippen LogP contribution in [0.4, 0.5) is 0 Å². The summed E-state index contributed by atoms with van der Waals surface area (Å²) in [5, 5.41) is 4.04. The quantitative estimate of drug-likeness (QED) is 0.783. The first-order valence-electron chi connectivity index (χ1n) is 8.32. The van der Waals surface area contributed by atoms with Crippen LogP contribution >= 0.6 is 0 Å². The zero-order valence-corrected chi connectivity index (χ0v) is 12.5. The number of fused-ring (bicyclic) bond motifs is 2. The van der Waals surface area contributed by atoms with Gasteiger partial charge in [-0.25, -0.2) is 0 Å². The molecule has 5 unspecified atom stereocenters. The molecule has 1 N–H and O–H groups in total. The van der Waals surface area contributed by atoms with Gasteiger partial charge in [0.1, 0.15) is 0 Å². The lowest BCUT2D eigenvalue weighted by atomic mass is 9.72. The minimum Gasteiger partial charge on any atom is -0.311 e. The minimum absolute atomic E-state index is 0.518. The van der Waals surface area contributed by atoms with Gasteiger partial charge < -0.3 is 5.32 Å². The highest BCUT2D eigenvalue weighted by Crippen LogP contribution is 2.50. The average Bonchev–Trinajstić information content (AvgIpc) is 2.93. The van der Waals surface area contributed by atoms with Crippen molar-refractivity contribution in [2.24, 2.45) is 23.2 Å². The van der Waals surface area contributed by atoms with E-state index in [1.165, 1.54) is 44.9 Å². The molecule has 0 aromatic carbocycles. The smallest absolute Gasteiger partial charge is 0.0121 e. The standard InChI is InChI=1S/C17H31N/c1-12(15-11-13-7-8-14(15)10-13)18-16-6-4-5-9-17(16,2)3/h12-16,18H,4-11H2,1-3H3. The van der Waals surface area contributed by atoms with Gasteiger partial charge in [-0.15, -0.1) is 0 Å². The van der Waals surface area contributed by atoms with E-state index < -0.39 is 0 Å². The minimum atomic E-state index is 0.518. The Morgan fingerprint density at radius 1 is 1.06 bits per heavy atom. The maximum atomic E-state index is 4.04. The molecular formula is C17H31N. The summed E-state index contributed by atoms with van der Waals surface area (Å²) in [4.78, 5) is 0. The van der Waals surface area contributed by atoms with Crippen LogP contribution in [0.5, 0.6) is 0 Å². The van der Waals surface area contributed by atoms with Gasteiger partial charge in [-0.1, -0.05) is 33.1 Å². The molecule has 0 heterocycles. The van der Waals surface area contributed by atoms with Gasteiger partial charge >= 0.3 is 0 Å². The van der Waals surface area contributed by atoms with Crippen LogP contribution in [0.15, 0.2) is 0 Å². The van der Waals surface area contributed by atoms with E-state index in [2.05, 4.69) is 26.1 Å². The molecule has 0 aromatic rings. The number of hydrogen-bond acceptors (Lipinski definition) is 1. The van der Waals surface area contributed by atoms with E-state index in [1.807, 2.05) is 0 Å². The fraction of sp³-hybridized carbons (Fsp3) is 1.00. The zero-order chi connectivity index (χ0) is 12.8. The Morgan fingerprint density at radius 2 is 1.89 bits per heavy atom. The highest BCUT2D eigenvalue weighted by atomic mass is 15.0. The first-order chi connectivity index (χ1) is 8.56. The normalized spacial score (nSPS) is 44.2. The lowest BCUT2D eigenvalue weighted by molar-refractivity contribution is 0.134. The van der Waals surface area contributed by atoms with Crippen LogP contribution in [0, 0.1) is 23.2 Å². The summed E-state index contributed by atoms with van der Waals surface area (Å²) < 4.78 is 0. The lowest BCUT2D eigenvalue weighted by Crippen LogP contribution is -2.50.